The van der Waals surface area contributed by atoms with E-state index < -0.39 is 10.0 Å². The molecule has 1 heterocycles. The summed E-state index contributed by atoms with van der Waals surface area (Å²) in [4.78, 5) is 4.23. The lowest BCUT2D eigenvalue weighted by Gasteiger charge is -2.12. The van der Waals surface area contributed by atoms with E-state index in [4.69, 9.17) is 4.74 Å². The van der Waals surface area contributed by atoms with Crippen molar-refractivity contribution in [1.29, 1.82) is 0 Å². The van der Waals surface area contributed by atoms with Gasteiger partial charge in [0.05, 0.1) is 16.9 Å². The van der Waals surface area contributed by atoms with Gasteiger partial charge in [0.25, 0.3) is 0 Å². The lowest BCUT2D eigenvalue weighted by molar-refractivity contribution is 0.482. The molecule has 0 saturated heterocycles. The van der Waals surface area contributed by atoms with Crippen molar-refractivity contribution < 1.29 is 13.2 Å². The molecule has 0 bridgehead atoms. The van der Waals surface area contributed by atoms with Crippen LogP contribution in [-0.4, -0.2) is 18.0 Å². The van der Waals surface area contributed by atoms with Crippen LogP contribution in [-0.2, 0) is 16.6 Å². The second-order valence-corrected chi connectivity index (χ2v) is 8.08. The van der Waals surface area contributed by atoms with E-state index in [0.717, 1.165) is 11.3 Å². The molecule has 0 amide bonds. The molecule has 0 aliphatic rings. The number of nitrogens with zero attached hydrogens (tertiary/aromatic N) is 2. The fraction of sp³-hybridized carbons (Fsp3) is 0.0455. The van der Waals surface area contributed by atoms with Gasteiger partial charge < -0.3 is 9.30 Å². The Labute approximate surface area is 169 Å². The first-order chi connectivity index (χ1) is 14.1. The molecule has 0 radical (unpaired) electrons. The van der Waals surface area contributed by atoms with Crippen molar-refractivity contribution in [3.8, 4) is 17.2 Å². The van der Waals surface area contributed by atoms with Crippen LogP contribution in [0.15, 0.2) is 102 Å². The van der Waals surface area contributed by atoms with Gasteiger partial charge in [-0.25, -0.2) is 18.1 Å². The average Bonchev–Trinajstić information content (AvgIpc) is 3.28. The number of aromatic nitrogens is 2. The van der Waals surface area contributed by atoms with Crippen molar-refractivity contribution in [3.63, 3.8) is 0 Å². The monoisotopic (exact) mass is 405 g/mol. The lowest BCUT2D eigenvalue weighted by atomic mass is 10.2. The van der Waals surface area contributed by atoms with Gasteiger partial charge in [0.1, 0.15) is 11.5 Å². The summed E-state index contributed by atoms with van der Waals surface area (Å²) in [5.74, 6) is 1.26. The highest BCUT2D eigenvalue weighted by atomic mass is 32.2. The number of sulfonamides is 1. The molecular formula is C22H19N3O3S. The summed E-state index contributed by atoms with van der Waals surface area (Å²) in [6.45, 7) is 0.166. The zero-order chi connectivity index (χ0) is 20.1. The van der Waals surface area contributed by atoms with Gasteiger partial charge in [0.15, 0.2) is 0 Å². The van der Waals surface area contributed by atoms with E-state index in [2.05, 4.69) is 9.71 Å². The van der Waals surface area contributed by atoms with Crippen molar-refractivity contribution in [3.05, 3.63) is 103 Å². The van der Waals surface area contributed by atoms with E-state index in [9.17, 15) is 8.42 Å². The van der Waals surface area contributed by atoms with Gasteiger partial charge in [-0.3, -0.25) is 0 Å². The number of hydrogen-bond donors (Lipinski definition) is 1. The maximum absolute atomic E-state index is 12.7. The Bertz CT molecular complexity index is 1170. The summed E-state index contributed by atoms with van der Waals surface area (Å²) >= 11 is 0. The minimum absolute atomic E-state index is 0.166. The largest absolute Gasteiger partial charge is 0.457 e. The van der Waals surface area contributed by atoms with Crippen LogP contribution >= 0.6 is 0 Å². The Morgan fingerprint density at radius 3 is 2.28 bits per heavy atom. The summed E-state index contributed by atoms with van der Waals surface area (Å²) in [6.07, 6.45) is 5.18. The normalized spacial score (nSPS) is 11.3. The maximum atomic E-state index is 12.7. The molecule has 0 spiro atoms. The van der Waals surface area contributed by atoms with Crippen LogP contribution in [0.2, 0.25) is 0 Å². The summed E-state index contributed by atoms with van der Waals surface area (Å²) in [5.41, 5.74) is 1.72. The number of hydrogen-bond acceptors (Lipinski definition) is 4. The SMILES string of the molecule is O=S(=O)(NCc1ccccc1-n1ccnc1)c1ccc(Oc2ccccc2)cc1. The molecule has 0 fully saturated rings. The number of imidazole rings is 1. The first kappa shape index (κ1) is 18.9. The standard InChI is InChI=1S/C22H19N3O3S/c26-29(27,21-12-10-20(11-13-21)28-19-7-2-1-3-8-19)24-16-18-6-4-5-9-22(18)25-15-14-23-17-25/h1-15,17,24H,16H2. The molecular weight excluding hydrogens is 386 g/mol. The molecule has 1 aromatic heterocycles. The van der Waals surface area contributed by atoms with Crippen LogP contribution in [0, 0.1) is 0 Å². The molecule has 6 nitrogen and oxygen atoms in total. The van der Waals surface area contributed by atoms with Crippen LogP contribution in [0.4, 0.5) is 0 Å². The Kier molecular flexibility index (Phi) is 5.41. The van der Waals surface area contributed by atoms with E-state index in [1.807, 2.05) is 65.4 Å². The number of benzene rings is 3. The zero-order valence-electron chi connectivity index (χ0n) is 15.5. The molecule has 4 aromatic rings. The van der Waals surface area contributed by atoms with E-state index in [1.165, 1.54) is 12.1 Å². The van der Waals surface area contributed by atoms with Gasteiger partial charge in [0.2, 0.25) is 10.0 Å². The third-order valence-electron chi connectivity index (χ3n) is 4.34. The van der Waals surface area contributed by atoms with E-state index >= 15 is 0 Å². The van der Waals surface area contributed by atoms with E-state index in [-0.39, 0.29) is 11.4 Å². The molecule has 0 aliphatic carbocycles. The van der Waals surface area contributed by atoms with Crippen molar-refractivity contribution in [2.75, 3.05) is 0 Å². The Morgan fingerprint density at radius 2 is 1.55 bits per heavy atom. The maximum Gasteiger partial charge on any atom is 0.240 e. The van der Waals surface area contributed by atoms with E-state index in [0.29, 0.717) is 11.5 Å². The third kappa shape index (κ3) is 4.53. The molecule has 4 rings (SSSR count). The Morgan fingerprint density at radius 1 is 0.862 bits per heavy atom. The number of nitrogens with one attached hydrogen (secondary N) is 1. The first-order valence-electron chi connectivity index (χ1n) is 9.01. The highest BCUT2D eigenvalue weighted by Crippen LogP contribution is 2.23. The fourth-order valence-corrected chi connectivity index (χ4v) is 3.89. The smallest absolute Gasteiger partial charge is 0.240 e. The van der Waals surface area contributed by atoms with Crippen LogP contribution < -0.4 is 9.46 Å². The van der Waals surface area contributed by atoms with Gasteiger partial charge >= 0.3 is 0 Å². The molecule has 0 atom stereocenters. The van der Waals surface area contributed by atoms with Gasteiger partial charge in [-0.15, -0.1) is 0 Å². The predicted molar refractivity (Wildman–Crippen MR) is 111 cm³/mol. The molecule has 29 heavy (non-hydrogen) atoms. The molecule has 0 saturated carbocycles. The van der Waals surface area contributed by atoms with E-state index in [1.54, 1.807) is 24.7 Å². The molecule has 1 N–H and O–H groups in total. The summed E-state index contributed by atoms with van der Waals surface area (Å²) in [5, 5.41) is 0. The Hall–Kier alpha value is -3.42. The molecule has 7 heteroatoms. The number of ether oxygens (including phenoxy) is 1. The fourth-order valence-electron chi connectivity index (χ4n) is 2.88. The number of para-hydroxylation sites is 2. The van der Waals surface area contributed by atoms with Gasteiger partial charge in [-0.05, 0) is 48.0 Å². The summed E-state index contributed by atoms with van der Waals surface area (Å²) in [7, 11) is -3.66. The molecule has 0 aliphatic heterocycles. The molecule has 3 aromatic carbocycles. The van der Waals surface area contributed by atoms with Crippen LogP contribution in [0.3, 0.4) is 0 Å². The van der Waals surface area contributed by atoms with Crippen LogP contribution in [0.5, 0.6) is 11.5 Å². The third-order valence-corrected chi connectivity index (χ3v) is 5.76. The van der Waals surface area contributed by atoms with Gasteiger partial charge in [0, 0.05) is 18.9 Å². The summed E-state index contributed by atoms with van der Waals surface area (Å²) in [6, 6.07) is 23.2. The first-order valence-corrected chi connectivity index (χ1v) is 10.5. The predicted octanol–water partition coefficient (Wildman–Crippen LogP) is 4.14. The minimum Gasteiger partial charge on any atom is -0.457 e. The van der Waals surface area contributed by atoms with Crippen molar-refractivity contribution >= 4 is 10.0 Å². The van der Waals surface area contributed by atoms with Gasteiger partial charge in [-0.1, -0.05) is 36.4 Å². The van der Waals surface area contributed by atoms with Gasteiger partial charge in [-0.2, -0.15) is 0 Å². The summed E-state index contributed by atoms with van der Waals surface area (Å²) < 4.78 is 35.6. The second-order valence-electron chi connectivity index (χ2n) is 6.31. The average molecular weight is 405 g/mol. The van der Waals surface area contributed by atoms with Crippen molar-refractivity contribution in [1.82, 2.24) is 14.3 Å². The zero-order valence-corrected chi connectivity index (χ0v) is 16.3. The second kappa shape index (κ2) is 8.30. The van der Waals surface area contributed by atoms with Crippen molar-refractivity contribution in [2.24, 2.45) is 0 Å². The van der Waals surface area contributed by atoms with Crippen LogP contribution in [0.25, 0.3) is 5.69 Å². The quantitative estimate of drug-likeness (QED) is 0.501. The highest BCUT2D eigenvalue weighted by molar-refractivity contribution is 7.89. The highest BCUT2D eigenvalue weighted by Gasteiger charge is 2.15. The molecule has 0 unspecified atom stereocenters. The minimum atomic E-state index is -3.66. The Balaban J connectivity index is 1.47. The van der Waals surface area contributed by atoms with Crippen LogP contribution in [0.1, 0.15) is 5.56 Å². The topological polar surface area (TPSA) is 73.2 Å². The molecule has 146 valence electrons. The lowest BCUT2D eigenvalue weighted by Crippen LogP contribution is -2.23. The van der Waals surface area contributed by atoms with Crippen molar-refractivity contribution in [2.45, 2.75) is 11.4 Å². The number of rotatable bonds is 7.